The van der Waals surface area contributed by atoms with E-state index in [-0.39, 0.29) is 24.6 Å². The van der Waals surface area contributed by atoms with Crippen molar-refractivity contribution in [1.29, 1.82) is 0 Å². The van der Waals surface area contributed by atoms with Crippen molar-refractivity contribution in [1.82, 2.24) is 9.80 Å². The molecule has 2 aliphatic rings. The molecule has 0 fully saturated rings. The van der Waals surface area contributed by atoms with Crippen molar-refractivity contribution >= 4 is 12.0 Å². The summed E-state index contributed by atoms with van der Waals surface area (Å²) in [5, 5.41) is 0. The third kappa shape index (κ3) is 4.49. The number of benzene rings is 3. The van der Waals surface area contributed by atoms with Crippen molar-refractivity contribution in [3.8, 4) is 0 Å². The first-order chi connectivity index (χ1) is 16.1. The normalized spacial score (nSPS) is 17.2. The van der Waals surface area contributed by atoms with Crippen LogP contribution in [0.25, 0.3) is 0 Å². The number of rotatable bonds is 3. The van der Waals surface area contributed by atoms with Crippen molar-refractivity contribution in [3.63, 3.8) is 0 Å². The molecule has 0 saturated heterocycles. The van der Waals surface area contributed by atoms with Crippen molar-refractivity contribution in [2.45, 2.75) is 45.5 Å². The van der Waals surface area contributed by atoms with Crippen molar-refractivity contribution < 1.29 is 14.3 Å². The lowest BCUT2D eigenvalue weighted by Crippen LogP contribution is -2.42. The average Bonchev–Trinajstić information content (AvgIpc) is 2.86. The fraction of sp³-hybridized carbons (Fsp3) is 0.286. The van der Waals surface area contributed by atoms with Crippen LogP contribution in [0.3, 0.4) is 0 Å². The van der Waals surface area contributed by atoms with Gasteiger partial charge in [-0.1, -0.05) is 60.7 Å². The molecule has 168 valence electrons. The Hall–Kier alpha value is -3.60. The molecule has 5 nitrogen and oxygen atoms in total. The van der Waals surface area contributed by atoms with Crippen LogP contribution in [0.15, 0.2) is 72.8 Å². The van der Waals surface area contributed by atoms with E-state index in [9.17, 15) is 9.59 Å². The summed E-state index contributed by atoms with van der Waals surface area (Å²) in [7, 11) is 0. The lowest BCUT2D eigenvalue weighted by Gasteiger charge is -2.35. The average molecular weight is 441 g/mol. The van der Waals surface area contributed by atoms with E-state index in [1.54, 1.807) is 4.90 Å². The molecule has 0 aromatic heterocycles. The first-order valence-electron chi connectivity index (χ1n) is 11.5. The molecule has 0 bridgehead atoms. The van der Waals surface area contributed by atoms with E-state index in [2.05, 4.69) is 25.1 Å². The summed E-state index contributed by atoms with van der Waals surface area (Å²) < 4.78 is 5.51. The van der Waals surface area contributed by atoms with Gasteiger partial charge < -0.3 is 14.5 Å². The minimum absolute atomic E-state index is 0.0450. The largest absolute Gasteiger partial charge is 0.445 e. The number of fused-ring (bicyclic) bond motifs is 2. The Labute approximate surface area is 194 Å². The fourth-order valence-electron chi connectivity index (χ4n) is 4.77. The van der Waals surface area contributed by atoms with Gasteiger partial charge >= 0.3 is 6.09 Å². The molecule has 0 N–H and O–H groups in total. The molecule has 0 unspecified atom stereocenters. The van der Waals surface area contributed by atoms with Gasteiger partial charge in [0.25, 0.3) is 5.91 Å². The SMILES string of the molecule is C[C@@H]1Cc2ccccc2CN1C(=O)c1ccc2c(c1)CN(C(=O)OCc1ccccc1)CC2. The van der Waals surface area contributed by atoms with Crippen molar-refractivity contribution in [3.05, 3.63) is 106 Å². The Morgan fingerprint density at radius 3 is 2.45 bits per heavy atom. The van der Waals surface area contributed by atoms with Crippen LogP contribution >= 0.6 is 0 Å². The zero-order valence-corrected chi connectivity index (χ0v) is 18.9. The van der Waals surface area contributed by atoms with Crippen LogP contribution in [0.5, 0.6) is 0 Å². The Morgan fingerprint density at radius 2 is 1.64 bits per heavy atom. The molecule has 5 heteroatoms. The summed E-state index contributed by atoms with van der Waals surface area (Å²) in [6.45, 7) is 4.08. The maximum atomic E-state index is 13.4. The van der Waals surface area contributed by atoms with Gasteiger partial charge in [0, 0.05) is 31.2 Å². The van der Waals surface area contributed by atoms with Crippen LogP contribution in [0.1, 0.15) is 45.1 Å². The fourth-order valence-corrected chi connectivity index (χ4v) is 4.77. The van der Waals surface area contributed by atoms with Gasteiger partial charge in [0.15, 0.2) is 0 Å². The third-order valence-electron chi connectivity index (χ3n) is 6.70. The molecule has 0 radical (unpaired) electrons. The monoisotopic (exact) mass is 440 g/mol. The molecular weight excluding hydrogens is 412 g/mol. The Kier molecular flexibility index (Phi) is 5.86. The highest BCUT2D eigenvalue weighted by Crippen LogP contribution is 2.27. The predicted octanol–water partition coefficient (Wildman–Crippen LogP) is 4.97. The molecular formula is C28H28N2O3. The molecule has 0 saturated carbocycles. The molecule has 33 heavy (non-hydrogen) atoms. The van der Waals surface area contributed by atoms with Gasteiger partial charge in [0.1, 0.15) is 6.61 Å². The molecule has 1 atom stereocenters. The smallest absolute Gasteiger partial charge is 0.410 e. The zero-order chi connectivity index (χ0) is 22.8. The number of hydrogen-bond donors (Lipinski definition) is 0. The predicted molar refractivity (Wildman–Crippen MR) is 127 cm³/mol. The van der Waals surface area contributed by atoms with Gasteiger partial charge in [0.05, 0.1) is 0 Å². The van der Waals surface area contributed by atoms with Gasteiger partial charge in [-0.2, -0.15) is 0 Å². The summed E-state index contributed by atoms with van der Waals surface area (Å²) in [6, 6.07) is 24.1. The second-order valence-electron chi connectivity index (χ2n) is 8.95. The lowest BCUT2D eigenvalue weighted by molar-refractivity contribution is 0.0658. The van der Waals surface area contributed by atoms with Crippen LogP contribution in [0, 0.1) is 0 Å². The Balaban J connectivity index is 1.28. The summed E-state index contributed by atoms with van der Waals surface area (Å²) >= 11 is 0. The van der Waals surface area contributed by atoms with E-state index in [0.717, 1.165) is 24.0 Å². The van der Waals surface area contributed by atoms with Gasteiger partial charge in [0.2, 0.25) is 0 Å². The maximum Gasteiger partial charge on any atom is 0.410 e. The summed E-state index contributed by atoms with van der Waals surface area (Å²) in [5.41, 5.74) is 6.40. The first kappa shape index (κ1) is 21.3. The number of ether oxygens (including phenoxy) is 1. The second kappa shape index (κ2) is 9.10. The number of carbonyl (C=O) groups is 2. The molecule has 3 aromatic rings. The van der Waals surface area contributed by atoms with E-state index in [1.807, 2.05) is 59.5 Å². The molecule has 2 aliphatic heterocycles. The van der Waals surface area contributed by atoms with Crippen LogP contribution in [0.2, 0.25) is 0 Å². The molecule has 3 aromatic carbocycles. The molecule has 2 heterocycles. The first-order valence-corrected chi connectivity index (χ1v) is 11.5. The lowest BCUT2D eigenvalue weighted by atomic mass is 9.93. The van der Waals surface area contributed by atoms with E-state index in [4.69, 9.17) is 4.74 Å². The highest BCUT2D eigenvalue weighted by atomic mass is 16.6. The minimum Gasteiger partial charge on any atom is -0.445 e. The summed E-state index contributed by atoms with van der Waals surface area (Å²) in [6.07, 6.45) is 1.31. The van der Waals surface area contributed by atoms with Crippen LogP contribution in [-0.2, 0) is 37.3 Å². The van der Waals surface area contributed by atoms with Crippen molar-refractivity contribution in [2.24, 2.45) is 0 Å². The standard InChI is InChI=1S/C28H28N2O3/c1-20-15-23-9-5-6-10-25(23)18-30(20)27(31)24-12-11-22-13-14-29(17-26(22)16-24)28(32)33-19-21-7-3-2-4-8-21/h2-12,16,20H,13-15,17-19H2,1H3/t20-/m1/s1. The Morgan fingerprint density at radius 1 is 0.879 bits per heavy atom. The number of hydrogen-bond acceptors (Lipinski definition) is 3. The van der Waals surface area contributed by atoms with Crippen LogP contribution in [0.4, 0.5) is 4.79 Å². The second-order valence-corrected chi connectivity index (χ2v) is 8.95. The minimum atomic E-state index is -0.317. The van der Waals surface area contributed by atoms with E-state index >= 15 is 0 Å². The summed E-state index contributed by atoms with van der Waals surface area (Å²) in [4.78, 5) is 29.7. The Bertz CT molecular complexity index is 1170. The van der Waals surface area contributed by atoms with Crippen LogP contribution < -0.4 is 0 Å². The highest BCUT2D eigenvalue weighted by molar-refractivity contribution is 5.95. The molecule has 0 aliphatic carbocycles. The van der Waals surface area contributed by atoms with E-state index in [0.29, 0.717) is 25.2 Å². The molecule has 2 amide bonds. The summed E-state index contributed by atoms with van der Waals surface area (Å²) in [5.74, 6) is 0.0450. The van der Waals surface area contributed by atoms with Gasteiger partial charge in [-0.05, 0) is 59.7 Å². The third-order valence-corrected chi connectivity index (χ3v) is 6.70. The van der Waals surface area contributed by atoms with E-state index < -0.39 is 0 Å². The van der Waals surface area contributed by atoms with Crippen molar-refractivity contribution in [2.75, 3.05) is 6.54 Å². The number of amides is 2. The van der Waals surface area contributed by atoms with E-state index in [1.165, 1.54) is 16.7 Å². The van der Waals surface area contributed by atoms with Gasteiger partial charge in [-0.15, -0.1) is 0 Å². The maximum absolute atomic E-state index is 13.4. The quantitative estimate of drug-likeness (QED) is 0.578. The van der Waals surface area contributed by atoms with Crippen LogP contribution in [-0.4, -0.2) is 34.4 Å². The topological polar surface area (TPSA) is 49.9 Å². The highest BCUT2D eigenvalue weighted by Gasteiger charge is 2.29. The number of nitrogens with zero attached hydrogens (tertiary/aromatic N) is 2. The number of carbonyl (C=O) groups excluding carboxylic acids is 2. The molecule has 0 spiro atoms. The zero-order valence-electron chi connectivity index (χ0n) is 18.9. The van der Waals surface area contributed by atoms with Gasteiger partial charge in [-0.25, -0.2) is 4.79 Å². The van der Waals surface area contributed by atoms with Gasteiger partial charge in [-0.3, -0.25) is 4.79 Å². The molecule has 5 rings (SSSR count).